The number of amides is 1. The van der Waals surface area contributed by atoms with E-state index in [0.717, 1.165) is 16.8 Å². The zero-order valence-electron chi connectivity index (χ0n) is 20.8. The van der Waals surface area contributed by atoms with Crippen molar-refractivity contribution >= 4 is 17.5 Å². The van der Waals surface area contributed by atoms with Crippen LogP contribution in [0.4, 0.5) is 11.6 Å². The smallest absolute Gasteiger partial charge is 0.292 e. The lowest BCUT2D eigenvalue weighted by Gasteiger charge is -2.40. The number of hydrogen-bond acceptors (Lipinski definition) is 10. The summed E-state index contributed by atoms with van der Waals surface area (Å²) in [6.07, 6.45) is 11.3. The summed E-state index contributed by atoms with van der Waals surface area (Å²) >= 11 is 0. The minimum atomic E-state index is -0.527. The van der Waals surface area contributed by atoms with Crippen LogP contribution in [0.15, 0.2) is 82.7 Å². The van der Waals surface area contributed by atoms with Gasteiger partial charge in [0.1, 0.15) is 0 Å². The van der Waals surface area contributed by atoms with Crippen molar-refractivity contribution in [3.63, 3.8) is 0 Å². The second kappa shape index (κ2) is 10.2. The summed E-state index contributed by atoms with van der Waals surface area (Å²) in [4.78, 5) is 27.4. The molecule has 5 aromatic rings. The Kier molecular flexibility index (Phi) is 6.30. The highest BCUT2D eigenvalue weighted by Gasteiger charge is 2.39. The molecule has 39 heavy (non-hydrogen) atoms. The number of carbonyl (C=O) groups is 1. The van der Waals surface area contributed by atoms with Gasteiger partial charge in [-0.25, -0.2) is 15.0 Å². The molecular weight excluding hydrogens is 498 g/mol. The van der Waals surface area contributed by atoms with Crippen molar-refractivity contribution in [1.29, 1.82) is 5.26 Å². The van der Waals surface area contributed by atoms with Crippen molar-refractivity contribution in [2.45, 2.75) is 24.8 Å². The molecule has 1 aromatic carbocycles. The van der Waals surface area contributed by atoms with Gasteiger partial charge in [0.15, 0.2) is 12.2 Å². The van der Waals surface area contributed by atoms with Crippen LogP contribution < -0.4 is 5.32 Å². The van der Waals surface area contributed by atoms with E-state index in [1.54, 1.807) is 29.6 Å². The number of benzene rings is 1. The van der Waals surface area contributed by atoms with Crippen molar-refractivity contribution in [2.75, 3.05) is 18.4 Å². The second-order valence-electron chi connectivity index (χ2n) is 9.24. The van der Waals surface area contributed by atoms with Crippen LogP contribution in [0.25, 0.3) is 22.6 Å². The van der Waals surface area contributed by atoms with Crippen LogP contribution in [0.3, 0.4) is 0 Å². The van der Waals surface area contributed by atoms with E-state index in [1.165, 1.54) is 12.6 Å². The first-order chi connectivity index (χ1) is 19.1. The average molecular weight is 522 g/mol. The van der Waals surface area contributed by atoms with Gasteiger partial charge in [0.05, 0.1) is 42.3 Å². The average Bonchev–Trinajstić information content (AvgIpc) is 3.77. The van der Waals surface area contributed by atoms with E-state index < -0.39 is 5.54 Å². The number of nitrogens with one attached hydrogen (secondary N) is 1. The molecule has 1 saturated heterocycles. The topological polar surface area (TPSA) is 152 Å². The number of hydrogen-bond donors (Lipinski definition) is 1. The first kappa shape index (κ1) is 24.1. The Hall–Kier alpha value is -5.31. The lowest BCUT2D eigenvalue weighted by atomic mass is 9.85. The molecule has 0 spiro atoms. The Balaban J connectivity index is 1.19. The molecule has 0 aliphatic carbocycles. The predicted molar refractivity (Wildman–Crippen MR) is 138 cm³/mol. The van der Waals surface area contributed by atoms with Crippen LogP contribution in [0.5, 0.6) is 0 Å². The highest BCUT2D eigenvalue weighted by atomic mass is 16.5. The van der Waals surface area contributed by atoms with E-state index in [9.17, 15) is 10.1 Å². The number of oxazole rings is 1. The third kappa shape index (κ3) is 4.85. The number of nitrogens with zero attached hydrogens (tertiary/aromatic N) is 8. The molecule has 1 amide bonds. The van der Waals surface area contributed by atoms with E-state index in [-0.39, 0.29) is 18.1 Å². The van der Waals surface area contributed by atoms with Gasteiger partial charge in [0.2, 0.25) is 11.7 Å². The SMILES string of the molecule is N#CCC1(n2cc(-c3ccnc(Nc4cccc(-c5cnco5)c4)n3)cn2)CCN(C(=O)c2ccno2)CC1. The molecule has 12 heteroatoms. The third-order valence-electron chi connectivity index (χ3n) is 6.89. The van der Waals surface area contributed by atoms with Gasteiger partial charge in [-0.2, -0.15) is 10.4 Å². The van der Waals surface area contributed by atoms with Crippen molar-refractivity contribution in [2.24, 2.45) is 0 Å². The zero-order chi connectivity index (χ0) is 26.7. The Morgan fingerprint density at radius 3 is 2.79 bits per heavy atom. The lowest BCUT2D eigenvalue weighted by molar-refractivity contribution is 0.0541. The summed E-state index contributed by atoms with van der Waals surface area (Å²) in [7, 11) is 0. The molecule has 5 heterocycles. The Bertz CT molecular complexity index is 1610. The second-order valence-corrected chi connectivity index (χ2v) is 9.24. The number of anilines is 2. The van der Waals surface area contributed by atoms with Gasteiger partial charge >= 0.3 is 0 Å². The van der Waals surface area contributed by atoms with Gasteiger partial charge in [-0.1, -0.05) is 17.3 Å². The molecule has 12 nitrogen and oxygen atoms in total. The van der Waals surface area contributed by atoms with Gasteiger partial charge in [-0.15, -0.1) is 0 Å². The van der Waals surface area contributed by atoms with Gasteiger partial charge in [-0.3, -0.25) is 9.48 Å². The molecule has 194 valence electrons. The van der Waals surface area contributed by atoms with Crippen LogP contribution in [0, 0.1) is 11.3 Å². The molecule has 0 bridgehead atoms. The zero-order valence-corrected chi connectivity index (χ0v) is 20.8. The molecule has 1 fully saturated rings. The molecule has 0 atom stereocenters. The molecule has 6 rings (SSSR count). The number of rotatable bonds is 7. The minimum Gasteiger partial charge on any atom is -0.444 e. The monoisotopic (exact) mass is 521 g/mol. The van der Waals surface area contributed by atoms with Crippen LogP contribution in [-0.4, -0.2) is 53.8 Å². The van der Waals surface area contributed by atoms with Gasteiger partial charge in [0.25, 0.3) is 5.91 Å². The van der Waals surface area contributed by atoms with Crippen LogP contribution in [0.1, 0.15) is 29.8 Å². The molecule has 1 aliphatic heterocycles. The Morgan fingerprint density at radius 1 is 1.13 bits per heavy atom. The van der Waals surface area contributed by atoms with Crippen LogP contribution >= 0.6 is 0 Å². The summed E-state index contributed by atoms with van der Waals surface area (Å²) in [6, 6.07) is 13.4. The molecule has 0 radical (unpaired) electrons. The Morgan fingerprint density at radius 2 is 2.03 bits per heavy atom. The summed E-state index contributed by atoms with van der Waals surface area (Å²) in [5.74, 6) is 1.11. The van der Waals surface area contributed by atoms with E-state index in [0.29, 0.717) is 43.3 Å². The summed E-state index contributed by atoms with van der Waals surface area (Å²) in [5, 5.41) is 21.1. The number of carbonyl (C=O) groups excluding carboxylic acids is 1. The lowest BCUT2D eigenvalue weighted by Crippen LogP contribution is -2.48. The maximum atomic E-state index is 12.7. The summed E-state index contributed by atoms with van der Waals surface area (Å²) in [6.45, 7) is 0.955. The van der Waals surface area contributed by atoms with Crippen molar-refractivity contribution in [1.82, 2.24) is 34.8 Å². The quantitative estimate of drug-likeness (QED) is 0.328. The molecule has 0 unspecified atom stereocenters. The van der Waals surface area contributed by atoms with Gasteiger partial charge in [-0.05, 0) is 31.0 Å². The van der Waals surface area contributed by atoms with Crippen LogP contribution in [-0.2, 0) is 5.54 Å². The van der Waals surface area contributed by atoms with Crippen LogP contribution in [0.2, 0.25) is 0 Å². The van der Waals surface area contributed by atoms with Crippen molar-refractivity contribution in [3.05, 3.63) is 79.5 Å². The first-order valence-corrected chi connectivity index (χ1v) is 12.3. The number of aromatic nitrogens is 6. The van der Waals surface area contributed by atoms with E-state index in [2.05, 4.69) is 36.6 Å². The Labute approximate surface area is 222 Å². The van der Waals surface area contributed by atoms with E-state index in [4.69, 9.17) is 8.94 Å². The minimum absolute atomic E-state index is 0.202. The maximum absolute atomic E-state index is 12.7. The highest BCUT2D eigenvalue weighted by Crippen LogP contribution is 2.35. The molecule has 1 N–H and O–H groups in total. The fourth-order valence-corrected chi connectivity index (χ4v) is 4.77. The van der Waals surface area contributed by atoms with E-state index in [1.807, 2.05) is 41.2 Å². The number of likely N-dealkylation sites (tertiary alicyclic amines) is 1. The third-order valence-corrected chi connectivity index (χ3v) is 6.89. The largest absolute Gasteiger partial charge is 0.444 e. The first-order valence-electron chi connectivity index (χ1n) is 12.3. The van der Waals surface area contributed by atoms with Crippen molar-refractivity contribution in [3.8, 4) is 28.7 Å². The summed E-state index contributed by atoms with van der Waals surface area (Å²) in [5.41, 5.74) is 2.65. The standard InChI is InChI=1S/C27H23N9O3/c28-9-6-27(7-12-35(13-8-27)25(37)23-5-11-32-39-23)36-17-20(15-31-36)22-4-10-30-26(34-22)33-21-3-1-2-19(14-21)24-16-29-18-38-24/h1-5,10-11,14-18H,6-8,12-13H2,(H,30,33,34). The van der Waals surface area contributed by atoms with E-state index >= 15 is 0 Å². The summed E-state index contributed by atoms with van der Waals surface area (Å²) < 4.78 is 12.3. The molecular formula is C27H23N9O3. The normalized spacial score (nSPS) is 14.6. The van der Waals surface area contributed by atoms with Gasteiger partial charge < -0.3 is 19.2 Å². The fourth-order valence-electron chi connectivity index (χ4n) is 4.77. The van der Waals surface area contributed by atoms with Gasteiger partial charge in [0, 0.05) is 48.4 Å². The molecule has 4 aromatic heterocycles. The maximum Gasteiger partial charge on any atom is 0.292 e. The predicted octanol–water partition coefficient (Wildman–Crippen LogP) is 4.27. The molecule has 0 saturated carbocycles. The number of nitriles is 1. The van der Waals surface area contributed by atoms with Crippen molar-refractivity contribution < 1.29 is 13.7 Å². The molecule has 1 aliphatic rings. The number of piperidine rings is 1. The fraction of sp³-hybridized carbons (Fsp3) is 0.222. The highest BCUT2D eigenvalue weighted by molar-refractivity contribution is 5.91.